The van der Waals surface area contributed by atoms with Gasteiger partial charge in [0.15, 0.2) is 11.6 Å². The molecule has 0 aliphatic carbocycles. The van der Waals surface area contributed by atoms with E-state index in [0.29, 0.717) is 61.9 Å². The fourth-order valence-corrected chi connectivity index (χ4v) is 16.7. The number of aryl methyl sites for hydroxylation is 1. The SMILES string of the molecule is Cc1ncsc1-c1ccc([C@H](C)NC(=O)[C@@H]2C[C@@H](OP(=O)(OCCNC(=O)CCCCCN3C(=O)C=CC3=O)OP(=O)(O)O)CN2C(=O)C(c2cc(OCCN3CCN(CCOc4cc(N5C6CCC5CN(c5cc(-c7ccccc7O)nnc5N)C6)ccn4)[C@H](C)C3)no2)C(C)C)cc1. The van der Waals surface area contributed by atoms with Crippen molar-refractivity contribution in [1.82, 2.24) is 55.6 Å². The highest BCUT2D eigenvalue weighted by molar-refractivity contribution is 7.61. The Morgan fingerprint density at radius 3 is 2.29 bits per heavy atom. The molecule has 9 heterocycles. The highest BCUT2D eigenvalue weighted by Gasteiger charge is 2.49. The van der Waals surface area contributed by atoms with Crippen LogP contribution in [0.25, 0.3) is 21.7 Å². The van der Waals surface area contributed by atoms with E-state index in [2.05, 4.69) is 66.8 Å². The van der Waals surface area contributed by atoms with Crippen molar-refractivity contribution in [3.63, 3.8) is 0 Å². The first-order valence-corrected chi connectivity index (χ1v) is 37.5. The molecule has 100 heavy (non-hydrogen) atoms. The van der Waals surface area contributed by atoms with Gasteiger partial charge in [-0.2, -0.15) is 4.31 Å². The lowest BCUT2D eigenvalue weighted by atomic mass is 9.91. The van der Waals surface area contributed by atoms with E-state index < -0.39 is 88.4 Å². The summed E-state index contributed by atoms with van der Waals surface area (Å²) in [7, 11) is -10.8. The standard InChI is InChI=1S/C67H86N14O16P2S/c1-42(2)63(57-36-60(75-95-57)93-31-28-76-26-27-77(43(3)37-76)29-32-92-59-33-48(22-23-70-59)81-49-18-19-50(81)39-78(38-49)54-35-53(73-74-65(54)68)52-11-8-9-12-56(52)82)67(87)80-40-51(34-55(80)66(86)72-44(4)46-14-16-47(17-15-46)64-45(5)71-41-100-64)96-99(91,97-98(88,89)90)94-30-24-69-58(83)13-7-6-10-25-79-61(84)20-21-62(79)85/h8-9,11-12,14-17,20-23,33,35-36,41-44,49-51,55,63,82H,6-7,10,13,18-19,24-32,34,37-40H2,1-5H3,(H2,68,74)(H,69,83)(H,72,86)(H2,88,89,90)/t43-,44+,49?,50?,51-,55+,63?,99?/m1/s1. The van der Waals surface area contributed by atoms with Gasteiger partial charge in [-0.3, -0.25) is 47.7 Å². The van der Waals surface area contributed by atoms with E-state index in [0.717, 1.165) is 83.5 Å². The number of ether oxygens (including phenoxy) is 2. The zero-order valence-corrected chi connectivity index (χ0v) is 59.1. The summed E-state index contributed by atoms with van der Waals surface area (Å²) in [4.78, 5) is 107. The Balaban J connectivity index is 0.666. The van der Waals surface area contributed by atoms with Crippen molar-refractivity contribution in [3.05, 3.63) is 114 Å². The third kappa shape index (κ3) is 18.3. The molecular weight excluding hydrogens is 1350 g/mol. The van der Waals surface area contributed by atoms with Gasteiger partial charge in [-0.15, -0.1) is 21.5 Å². The number of para-hydroxylation sites is 1. The first-order valence-electron chi connectivity index (χ1n) is 33.7. The number of phosphoric ester groups is 1. The molecule has 2 aromatic carbocycles. The molecule has 4 unspecified atom stereocenters. The molecule has 0 radical (unpaired) electrons. The summed E-state index contributed by atoms with van der Waals surface area (Å²) in [5, 5.41) is 28.8. The zero-order chi connectivity index (χ0) is 70.8. The topological polar surface area (TPSA) is 373 Å². The number of fused-ring (bicyclic) bond motifs is 2. The molecule has 4 fully saturated rings. The number of carbonyl (C=O) groups excluding carboxylic acids is 5. The molecule has 7 N–H and O–H groups in total. The van der Waals surface area contributed by atoms with Crippen LogP contribution in [-0.2, 0) is 46.5 Å². The van der Waals surface area contributed by atoms with Crippen molar-refractivity contribution in [2.75, 3.05) is 101 Å². The summed E-state index contributed by atoms with van der Waals surface area (Å²) in [5.74, 6) is -2.53. The average Bonchev–Trinajstić information content (AvgIpc) is 1.58. The second-order valence-electron chi connectivity index (χ2n) is 26.0. The van der Waals surface area contributed by atoms with Gasteiger partial charge in [0.25, 0.3) is 17.7 Å². The lowest BCUT2D eigenvalue weighted by molar-refractivity contribution is -0.141. The number of nitrogens with two attached hydrogens (primary N) is 1. The number of nitrogens with zero attached hydrogens (tertiary/aromatic N) is 11. The minimum atomic E-state index is -5.58. The number of anilines is 3. The molecule has 8 atom stereocenters. The number of unbranched alkanes of at least 4 members (excludes halogenated alkanes) is 2. The van der Waals surface area contributed by atoms with Crippen molar-refractivity contribution in [2.24, 2.45) is 5.92 Å². The van der Waals surface area contributed by atoms with Crippen molar-refractivity contribution in [1.29, 1.82) is 0 Å². The van der Waals surface area contributed by atoms with Crippen LogP contribution in [0.1, 0.15) is 102 Å². The zero-order valence-electron chi connectivity index (χ0n) is 56.4. The number of aromatic hydroxyl groups is 1. The maximum atomic E-state index is 15.1. The number of pyridine rings is 1. The first kappa shape index (κ1) is 73.0. The van der Waals surface area contributed by atoms with E-state index in [1.807, 2.05) is 61.5 Å². The Hall–Kier alpha value is -8.22. The summed E-state index contributed by atoms with van der Waals surface area (Å²) in [6, 6.07) is 21.0. The van der Waals surface area contributed by atoms with E-state index in [-0.39, 0.29) is 68.1 Å². The Morgan fingerprint density at radius 1 is 0.840 bits per heavy atom. The molecule has 5 aliphatic rings. The Bertz CT molecular complexity index is 3980. The largest absolute Gasteiger partial charge is 0.507 e. The number of hydrogen-bond acceptors (Lipinski definition) is 25. The molecule has 11 rings (SSSR count). The molecule has 6 aromatic rings. The Labute approximate surface area is 583 Å². The number of phenolic OH excluding ortho intramolecular Hbond substituents is 1. The molecule has 4 aromatic heterocycles. The van der Waals surface area contributed by atoms with Crippen molar-refractivity contribution >= 4 is 73.7 Å². The van der Waals surface area contributed by atoms with Crippen LogP contribution in [-0.4, -0.2) is 205 Å². The number of nitrogen functional groups attached to an aromatic ring is 1. The number of phenols is 1. The Kier molecular flexibility index (Phi) is 23.8. The van der Waals surface area contributed by atoms with Gasteiger partial charge in [0.05, 0.1) is 46.2 Å². The summed E-state index contributed by atoms with van der Waals surface area (Å²) in [6.07, 6.45) is 6.09. The van der Waals surface area contributed by atoms with Crippen LogP contribution in [0.3, 0.4) is 0 Å². The quantitative estimate of drug-likeness (QED) is 0.0140. The minimum absolute atomic E-state index is 0.0622. The summed E-state index contributed by atoms with van der Waals surface area (Å²) in [6.45, 7) is 14.2. The maximum absolute atomic E-state index is 15.1. The average molecular weight is 1440 g/mol. The molecule has 2 bridgehead atoms. The Morgan fingerprint density at radius 2 is 1.58 bits per heavy atom. The third-order valence-corrected chi connectivity index (χ3v) is 22.4. The van der Waals surface area contributed by atoms with Crippen LogP contribution >= 0.6 is 27.0 Å². The van der Waals surface area contributed by atoms with Gasteiger partial charge in [-0.05, 0) is 92.9 Å². The van der Waals surface area contributed by atoms with E-state index >= 15 is 4.79 Å². The molecule has 33 heteroatoms. The minimum Gasteiger partial charge on any atom is -0.507 e. The van der Waals surface area contributed by atoms with Crippen LogP contribution < -0.4 is 35.6 Å². The number of nitrogens with one attached hydrogen (secondary N) is 2. The van der Waals surface area contributed by atoms with Crippen molar-refractivity contribution < 1.29 is 75.4 Å². The number of imide groups is 1. The predicted octanol–water partition coefficient (Wildman–Crippen LogP) is 7.01. The molecule has 0 spiro atoms. The number of phosphoric acid groups is 2. The number of aromatic nitrogens is 5. The monoisotopic (exact) mass is 1440 g/mol. The maximum Gasteiger partial charge on any atom is 0.484 e. The summed E-state index contributed by atoms with van der Waals surface area (Å²) in [5.41, 5.74) is 13.8. The lowest BCUT2D eigenvalue weighted by Gasteiger charge is -2.43. The van der Waals surface area contributed by atoms with Gasteiger partial charge in [-0.25, -0.2) is 19.1 Å². The van der Waals surface area contributed by atoms with Crippen LogP contribution in [0.2, 0.25) is 0 Å². The van der Waals surface area contributed by atoms with Crippen molar-refractivity contribution in [2.45, 2.75) is 122 Å². The van der Waals surface area contributed by atoms with Crippen LogP contribution in [0, 0.1) is 12.8 Å². The fraction of sp³-hybridized carbons (Fsp3) is 0.493. The number of piperazine rings is 2. The van der Waals surface area contributed by atoms with E-state index in [9.17, 15) is 43.2 Å². The van der Waals surface area contributed by atoms with Gasteiger partial charge in [0.2, 0.25) is 23.6 Å². The summed E-state index contributed by atoms with van der Waals surface area (Å²) >= 11 is 1.51. The smallest absolute Gasteiger partial charge is 0.484 e. The molecule has 4 saturated heterocycles. The highest BCUT2D eigenvalue weighted by Crippen LogP contribution is 2.62. The van der Waals surface area contributed by atoms with E-state index in [1.54, 1.807) is 50.7 Å². The normalized spacial score (nSPS) is 20.9. The van der Waals surface area contributed by atoms with Gasteiger partial charge >= 0.3 is 15.6 Å². The lowest BCUT2D eigenvalue weighted by Crippen LogP contribution is -2.54. The number of amides is 5. The van der Waals surface area contributed by atoms with Crippen molar-refractivity contribution in [3.8, 4) is 39.2 Å². The summed E-state index contributed by atoms with van der Waals surface area (Å²) < 4.78 is 60.5. The van der Waals surface area contributed by atoms with E-state index in [4.69, 9.17) is 28.8 Å². The number of benzene rings is 2. The molecule has 30 nitrogen and oxygen atoms in total. The molecule has 5 amide bonds. The number of rotatable bonds is 32. The molecular formula is C67H86N14O16P2S. The third-order valence-electron chi connectivity index (χ3n) is 18.7. The number of likely N-dealkylation sites (tertiary alicyclic amines) is 1. The molecule has 5 aliphatic heterocycles. The fourth-order valence-electron chi connectivity index (χ4n) is 13.6. The molecule has 0 saturated carbocycles. The highest BCUT2D eigenvalue weighted by atomic mass is 32.1. The first-order chi connectivity index (χ1) is 48.0. The van der Waals surface area contributed by atoms with Gasteiger partial charge in [0.1, 0.15) is 30.9 Å². The number of hydrogen-bond donors (Lipinski definition) is 6. The number of carbonyl (C=O) groups is 5. The number of thiazole rings is 1. The van der Waals surface area contributed by atoms with E-state index in [1.165, 1.54) is 28.4 Å². The van der Waals surface area contributed by atoms with Gasteiger partial charge < -0.3 is 60.0 Å². The predicted molar refractivity (Wildman–Crippen MR) is 370 cm³/mol. The second-order valence-corrected chi connectivity index (χ2v) is 29.9. The van der Waals surface area contributed by atoms with Gasteiger partial charge in [-0.1, -0.05) is 56.7 Å². The molecule has 536 valence electrons. The second kappa shape index (κ2) is 32.6. The van der Waals surface area contributed by atoms with Gasteiger partial charge in [0, 0.05) is 138 Å². The van der Waals surface area contributed by atoms with Crippen LogP contribution in [0.4, 0.5) is 17.2 Å². The van der Waals surface area contributed by atoms with Crippen LogP contribution in [0.15, 0.2) is 101 Å². The van der Waals surface area contributed by atoms with Crippen LogP contribution in [0.5, 0.6) is 17.5 Å².